The minimum atomic E-state index is -0.643. The Morgan fingerprint density at radius 1 is 1.33 bits per heavy atom. The van der Waals surface area contributed by atoms with E-state index in [1.165, 1.54) is 0 Å². The van der Waals surface area contributed by atoms with Crippen LogP contribution in [0.3, 0.4) is 0 Å². The third-order valence-electron chi connectivity index (χ3n) is 1.75. The third-order valence-corrected chi connectivity index (χ3v) is 1.75. The second kappa shape index (κ2) is 10.4. The van der Waals surface area contributed by atoms with Gasteiger partial charge in [-0.1, -0.05) is 26.7 Å². The van der Waals surface area contributed by atoms with Crippen LogP contribution in [0.2, 0.25) is 0 Å². The van der Waals surface area contributed by atoms with Crippen LogP contribution in [0.1, 0.15) is 39.5 Å². The van der Waals surface area contributed by atoms with Crippen LogP contribution in [0.25, 0.3) is 0 Å². The molecule has 0 amide bonds. The molecule has 0 heterocycles. The molecule has 0 aliphatic heterocycles. The average Bonchev–Trinajstić information content (AvgIpc) is 1.89. The van der Waals surface area contributed by atoms with Crippen LogP contribution in [0, 0.1) is 5.92 Å². The Morgan fingerprint density at radius 2 is 1.83 bits per heavy atom. The van der Waals surface area contributed by atoms with Gasteiger partial charge in [-0.2, -0.15) is 0 Å². The molecule has 4 heteroatoms. The fourth-order valence-corrected chi connectivity index (χ4v) is 0.953. The number of hydrogen-bond acceptors (Lipinski definition) is 1. The summed E-state index contributed by atoms with van der Waals surface area (Å²) in [6.45, 7) is 4.00. The lowest BCUT2D eigenvalue weighted by Gasteiger charge is -2.06. The minimum Gasteiger partial charge on any atom is -0.481 e. The van der Waals surface area contributed by atoms with Gasteiger partial charge in [-0.3, -0.25) is 4.79 Å². The Morgan fingerprint density at radius 3 is 2.08 bits per heavy atom. The summed E-state index contributed by atoms with van der Waals surface area (Å²) in [7, 11) is 0. The summed E-state index contributed by atoms with van der Waals surface area (Å²) in [6, 6.07) is 0. The maximum absolute atomic E-state index is 10.4. The smallest absolute Gasteiger partial charge is 0.306 e. The molecule has 4 nitrogen and oxygen atoms in total. The van der Waals surface area contributed by atoms with E-state index in [1.807, 2.05) is 6.92 Å². The first kappa shape index (κ1) is 17.5. The van der Waals surface area contributed by atoms with Crippen molar-refractivity contribution < 1.29 is 20.9 Å². The van der Waals surface area contributed by atoms with Gasteiger partial charge < -0.3 is 16.1 Å². The van der Waals surface area contributed by atoms with E-state index in [9.17, 15) is 4.79 Å². The van der Waals surface area contributed by atoms with E-state index >= 15 is 0 Å². The number of carbonyl (C=O) groups is 1. The van der Waals surface area contributed by atoms with E-state index in [0.717, 1.165) is 25.7 Å². The zero-order chi connectivity index (χ0) is 7.98. The maximum Gasteiger partial charge on any atom is 0.306 e. The summed E-state index contributed by atoms with van der Waals surface area (Å²) >= 11 is 0. The highest BCUT2D eigenvalue weighted by Gasteiger charge is 2.12. The van der Waals surface area contributed by atoms with Crippen LogP contribution >= 0.6 is 0 Å². The van der Waals surface area contributed by atoms with Gasteiger partial charge >= 0.3 is 5.97 Å². The molecule has 12 heavy (non-hydrogen) atoms. The van der Waals surface area contributed by atoms with Crippen molar-refractivity contribution in [1.82, 2.24) is 0 Å². The van der Waals surface area contributed by atoms with Crippen LogP contribution in [-0.4, -0.2) is 22.0 Å². The first-order valence-electron chi connectivity index (χ1n) is 3.95. The van der Waals surface area contributed by atoms with Crippen molar-refractivity contribution >= 4 is 5.97 Å². The van der Waals surface area contributed by atoms with Gasteiger partial charge in [0.1, 0.15) is 0 Å². The van der Waals surface area contributed by atoms with Gasteiger partial charge in [-0.05, 0) is 12.8 Å². The quantitative estimate of drug-likeness (QED) is 0.671. The first-order chi connectivity index (χ1) is 4.72. The lowest BCUT2D eigenvalue weighted by molar-refractivity contribution is -0.142. The molecular formula is C8H20O4. The highest BCUT2D eigenvalue weighted by Crippen LogP contribution is 2.11. The van der Waals surface area contributed by atoms with Crippen molar-refractivity contribution in [1.29, 1.82) is 0 Å². The van der Waals surface area contributed by atoms with Crippen molar-refractivity contribution in [2.45, 2.75) is 39.5 Å². The van der Waals surface area contributed by atoms with E-state index in [4.69, 9.17) is 5.11 Å². The molecule has 76 valence electrons. The van der Waals surface area contributed by atoms with E-state index in [0.29, 0.717) is 0 Å². The number of aliphatic carboxylic acids is 1. The summed E-state index contributed by atoms with van der Waals surface area (Å²) in [5, 5.41) is 8.60. The molecule has 0 rings (SSSR count). The zero-order valence-corrected chi connectivity index (χ0v) is 7.76. The summed E-state index contributed by atoms with van der Waals surface area (Å²) in [4.78, 5) is 10.4. The summed E-state index contributed by atoms with van der Waals surface area (Å²) in [6.07, 6.45) is 3.71. The van der Waals surface area contributed by atoms with E-state index in [1.54, 1.807) is 0 Å². The summed E-state index contributed by atoms with van der Waals surface area (Å²) in [5.41, 5.74) is 0. The standard InChI is InChI=1S/C8H16O2.2H2O/c1-3-5-6-7(4-2)8(9)10;;/h7H,3-6H2,1-2H3,(H,9,10);2*1H2. The molecule has 0 bridgehead atoms. The monoisotopic (exact) mass is 180 g/mol. The van der Waals surface area contributed by atoms with Crippen molar-refractivity contribution in [2.75, 3.05) is 0 Å². The molecular weight excluding hydrogens is 160 g/mol. The second-order valence-corrected chi connectivity index (χ2v) is 2.59. The minimum absolute atomic E-state index is 0. The Labute approximate surface area is 73.2 Å². The Balaban J connectivity index is -0.000000405. The van der Waals surface area contributed by atoms with Crippen LogP contribution in [0.5, 0.6) is 0 Å². The molecule has 0 aromatic carbocycles. The van der Waals surface area contributed by atoms with Gasteiger partial charge in [0.2, 0.25) is 0 Å². The number of carboxylic acid groups (broad SMARTS) is 1. The molecule has 1 unspecified atom stereocenters. The molecule has 5 N–H and O–H groups in total. The fraction of sp³-hybridized carbons (Fsp3) is 0.875. The number of rotatable bonds is 5. The summed E-state index contributed by atoms with van der Waals surface area (Å²) < 4.78 is 0. The highest BCUT2D eigenvalue weighted by atomic mass is 16.4. The van der Waals surface area contributed by atoms with Crippen LogP contribution in [-0.2, 0) is 4.79 Å². The molecule has 0 aliphatic rings. The molecule has 0 spiro atoms. The Kier molecular flexibility index (Phi) is 15.1. The fourth-order valence-electron chi connectivity index (χ4n) is 0.953. The predicted octanol–water partition coefficient (Wildman–Crippen LogP) is 0.638. The molecule has 0 radical (unpaired) electrons. The van der Waals surface area contributed by atoms with Gasteiger partial charge in [-0.25, -0.2) is 0 Å². The molecule has 0 aliphatic carbocycles. The number of hydrogen-bond donors (Lipinski definition) is 1. The van der Waals surface area contributed by atoms with E-state index < -0.39 is 5.97 Å². The average molecular weight is 180 g/mol. The highest BCUT2D eigenvalue weighted by molar-refractivity contribution is 5.69. The van der Waals surface area contributed by atoms with Crippen molar-refractivity contribution in [2.24, 2.45) is 5.92 Å². The molecule has 0 aromatic rings. The molecule has 0 fully saturated rings. The lowest BCUT2D eigenvalue weighted by atomic mass is 10.00. The van der Waals surface area contributed by atoms with Crippen LogP contribution < -0.4 is 0 Å². The van der Waals surface area contributed by atoms with Gasteiger partial charge in [0, 0.05) is 0 Å². The summed E-state index contributed by atoms with van der Waals surface area (Å²) in [5.74, 6) is -0.754. The van der Waals surface area contributed by atoms with Crippen molar-refractivity contribution in [3.63, 3.8) is 0 Å². The lowest BCUT2D eigenvalue weighted by Crippen LogP contribution is -2.11. The molecule has 1 atom stereocenters. The van der Waals surface area contributed by atoms with Gasteiger partial charge in [0.25, 0.3) is 0 Å². The number of unbranched alkanes of at least 4 members (excludes halogenated alkanes) is 1. The molecule has 0 saturated heterocycles. The number of carboxylic acids is 1. The SMILES string of the molecule is CCCCC(CC)C(=O)O.O.O. The van der Waals surface area contributed by atoms with Crippen LogP contribution in [0.4, 0.5) is 0 Å². The van der Waals surface area contributed by atoms with Gasteiger partial charge in [-0.15, -0.1) is 0 Å². The Hall–Kier alpha value is -0.610. The first-order valence-corrected chi connectivity index (χ1v) is 3.95. The largest absolute Gasteiger partial charge is 0.481 e. The maximum atomic E-state index is 10.4. The predicted molar refractivity (Wildman–Crippen MR) is 48.2 cm³/mol. The normalized spacial score (nSPS) is 10.8. The van der Waals surface area contributed by atoms with Crippen molar-refractivity contribution in [3.8, 4) is 0 Å². The third kappa shape index (κ3) is 7.50. The van der Waals surface area contributed by atoms with Crippen molar-refractivity contribution in [3.05, 3.63) is 0 Å². The second-order valence-electron chi connectivity index (χ2n) is 2.59. The topological polar surface area (TPSA) is 100 Å². The van der Waals surface area contributed by atoms with E-state index in [-0.39, 0.29) is 16.9 Å². The van der Waals surface area contributed by atoms with Gasteiger partial charge in [0.05, 0.1) is 5.92 Å². The molecule has 0 aromatic heterocycles. The Bertz CT molecular complexity index is 103. The van der Waals surface area contributed by atoms with Crippen LogP contribution in [0.15, 0.2) is 0 Å². The van der Waals surface area contributed by atoms with Gasteiger partial charge in [0.15, 0.2) is 0 Å². The molecule has 0 saturated carbocycles. The van der Waals surface area contributed by atoms with E-state index in [2.05, 4.69) is 6.92 Å². The zero-order valence-electron chi connectivity index (χ0n) is 7.76.